The minimum absolute atomic E-state index is 0.219. The zero-order chi connectivity index (χ0) is 19.6. The van der Waals surface area contributed by atoms with Gasteiger partial charge < -0.3 is 19.3 Å². The van der Waals surface area contributed by atoms with Crippen molar-refractivity contribution >= 4 is 6.09 Å². The average molecular weight is 369 g/mol. The van der Waals surface area contributed by atoms with Gasteiger partial charge in [0.25, 0.3) is 0 Å². The van der Waals surface area contributed by atoms with E-state index in [2.05, 4.69) is 18.5 Å². The number of rotatable bonds is 10. The maximum Gasteiger partial charge on any atom is 0.410 e. The molecule has 1 saturated carbocycles. The van der Waals surface area contributed by atoms with Crippen molar-refractivity contribution in [2.24, 2.45) is 0 Å². The zero-order valence-electron chi connectivity index (χ0n) is 17.6. The van der Waals surface area contributed by atoms with E-state index in [-0.39, 0.29) is 12.1 Å². The Kier molecular flexibility index (Phi) is 10.3. The third-order valence-electron chi connectivity index (χ3n) is 4.85. The van der Waals surface area contributed by atoms with Gasteiger partial charge in [0.1, 0.15) is 5.60 Å². The Morgan fingerprint density at radius 2 is 1.77 bits per heavy atom. The van der Waals surface area contributed by atoms with Crippen LogP contribution in [0.3, 0.4) is 0 Å². The topological polar surface area (TPSA) is 42.0 Å². The molecule has 0 unspecified atom stereocenters. The molecule has 0 aromatic heterocycles. The summed E-state index contributed by atoms with van der Waals surface area (Å²) in [6.07, 6.45) is 9.66. The fourth-order valence-corrected chi connectivity index (χ4v) is 3.30. The standard InChI is InChI=1S/C21H40N2O3/c1-7-15-22(5)16-9-8-10-17-25-19-13-11-18(12-14-19)23(6)20(24)26-21(2,3)4/h7,18-19H,1,8-17H2,2-6H3/t18-,19-. The summed E-state index contributed by atoms with van der Waals surface area (Å²) < 4.78 is 11.5. The Balaban J connectivity index is 2.12. The summed E-state index contributed by atoms with van der Waals surface area (Å²) in [6.45, 7) is 12.4. The van der Waals surface area contributed by atoms with Gasteiger partial charge in [-0.3, -0.25) is 0 Å². The first-order valence-electron chi connectivity index (χ1n) is 10.1. The first-order valence-corrected chi connectivity index (χ1v) is 10.1. The molecule has 0 aromatic rings. The highest BCUT2D eigenvalue weighted by atomic mass is 16.6. The number of unbranched alkanes of at least 4 members (excludes halogenated alkanes) is 2. The molecule has 5 nitrogen and oxygen atoms in total. The Morgan fingerprint density at radius 3 is 2.35 bits per heavy atom. The highest BCUT2D eigenvalue weighted by Gasteiger charge is 2.29. The molecule has 0 heterocycles. The number of likely N-dealkylation sites (N-methyl/N-ethyl adjacent to an activating group) is 1. The van der Waals surface area contributed by atoms with Crippen molar-refractivity contribution in [1.29, 1.82) is 0 Å². The lowest BCUT2D eigenvalue weighted by atomic mass is 9.92. The average Bonchev–Trinajstić information content (AvgIpc) is 2.56. The summed E-state index contributed by atoms with van der Waals surface area (Å²) in [7, 11) is 3.98. The lowest BCUT2D eigenvalue weighted by Gasteiger charge is -2.35. The fraction of sp³-hybridized carbons (Fsp3) is 0.857. The molecule has 0 N–H and O–H groups in total. The monoisotopic (exact) mass is 368 g/mol. The second kappa shape index (κ2) is 11.6. The van der Waals surface area contributed by atoms with Gasteiger partial charge in [0.05, 0.1) is 6.10 Å². The quantitative estimate of drug-likeness (QED) is 0.421. The predicted octanol–water partition coefficient (Wildman–Crippen LogP) is 4.47. The number of carbonyl (C=O) groups excluding carboxylic acids is 1. The van der Waals surface area contributed by atoms with E-state index in [9.17, 15) is 4.79 Å². The minimum Gasteiger partial charge on any atom is -0.444 e. The summed E-state index contributed by atoms with van der Waals surface area (Å²) in [6, 6.07) is 0.269. The minimum atomic E-state index is -0.438. The largest absolute Gasteiger partial charge is 0.444 e. The second-order valence-corrected chi connectivity index (χ2v) is 8.50. The summed E-state index contributed by atoms with van der Waals surface area (Å²) in [5, 5.41) is 0. The molecule has 0 radical (unpaired) electrons. The SMILES string of the molecule is C=CCN(C)CCCCCO[C@H]1CC[C@H](N(C)C(=O)OC(C)(C)C)CC1. The van der Waals surface area contributed by atoms with Gasteiger partial charge in [-0.1, -0.05) is 6.08 Å². The van der Waals surface area contributed by atoms with Crippen molar-refractivity contribution in [2.45, 2.75) is 83.5 Å². The third-order valence-corrected chi connectivity index (χ3v) is 4.85. The van der Waals surface area contributed by atoms with Crippen LogP contribution in [-0.4, -0.2) is 67.4 Å². The Labute approximate surface area is 160 Å². The van der Waals surface area contributed by atoms with Crippen molar-refractivity contribution in [3.05, 3.63) is 12.7 Å². The van der Waals surface area contributed by atoms with Gasteiger partial charge >= 0.3 is 6.09 Å². The van der Waals surface area contributed by atoms with Crippen molar-refractivity contribution < 1.29 is 14.3 Å². The van der Waals surface area contributed by atoms with Crippen molar-refractivity contribution in [2.75, 3.05) is 33.8 Å². The number of ether oxygens (including phenoxy) is 2. The Hall–Kier alpha value is -1.07. The van der Waals surface area contributed by atoms with E-state index in [1.807, 2.05) is 33.9 Å². The van der Waals surface area contributed by atoms with E-state index < -0.39 is 5.60 Å². The number of hydrogen-bond acceptors (Lipinski definition) is 4. The van der Waals surface area contributed by atoms with Crippen LogP contribution >= 0.6 is 0 Å². The highest BCUT2D eigenvalue weighted by Crippen LogP contribution is 2.25. The molecule has 1 rings (SSSR count). The van der Waals surface area contributed by atoms with Gasteiger partial charge in [0.15, 0.2) is 0 Å². The molecule has 0 bridgehead atoms. The summed E-state index contributed by atoms with van der Waals surface area (Å²) >= 11 is 0. The van der Waals surface area contributed by atoms with Crippen LogP contribution in [0.2, 0.25) is 0 Å². The first-order chi connectivity index (χ1) is 12.2. The molecule has 0 aromatic carbocycles. The van der Waals surface area contributed by atoms with E-state index in [1.54, 1.807) is 4.90 Å². The maximum atomic E-state index is 12.2. The van der Waals surface area contributed by atoms with Gasteiger partial charge in [0.2, 0.25) is 0 Å². The van der Waals surface area contributed by atoms with Gasteiger partial charge in [-0.15, -0.1) is 6.58 Å². The van der Waals surface area contributed by atoms with Gasteiger partial charge in [0, 0.05) is 26.2 Å². The molecule has 152 valence electrons. The smallest absolute Gasteiger partial charge is 0.410 e. The van der Waals surface area contributed by atoms with E-state index >= 15 is 0 Å². The van der Waals surface area contributed by atoms with Crippen molar-refractivity contribution in [3.63, 3.8) is 0 Å². The van der Waals surface area contributed by atoms with E-state index in [0.717, 1.165) is 51.8 Å². The van der Waals surface area contributed by atoms with Crippen LogP contribution in [0, 0.1) is 0 Å². The van der Waals surface area contributed by atoms with E-state index in [0.29, 0.717) is 6.10 Å². The zero-order valence-corrected chi connectivity index (χ0v) is 17.6. The molecular weight excluding hydrogens is 328 g/mol. The molecule has 1 aliphatic rings. The van der Waals surface area contributed by atoms with E-state index in [4.69, 9.17) is 9.47 Å². The Morgan fingerprint density at radius 1 is 1.12 bits per heavy atom. The van der Waals surface area contributed by atoms with E-state index in [1.165, 1.54) is 12.8 Å². The number of carbonyl (C=O) groups is 1. The predicted molar refractivity (Wildman–Crippen MR) is 108 cm³/mol. The fourth-order valence-electron chi connectivity index (χ4n) is 3.30. The van der Waals surface area contributed by atoms with Crippen LogP contribution in [-0.2, 0) is 9.47 Å². The molecule has 0 atom stereocenters. The molecule has 0 spiro atoms. The molecule has 0 aliphatic heterocycles. The molecular formula is C21H40N2O3. The summed E-state index contributed by atoms with van der Waals surface area (Å²) in [4.78, 5) is 16.2. The van der Waals surface area contributed by atoms with Crippen LogP contribution in [0.4, 0.5) is 4.79 Å². The van der Waals surface area contributed by atoms with Gasteiger partial charge in [-0.2, -0.15) is 0 Å². The lowest BCUT2D eigenvalue weighted by molar-refractivity contribution is -0.00585. The molecule has 1 aliphatic carbocycles. The molecule has 26 heavy (non-hydrogen) atoms. The number of amides is 1. The number of hydrogen-bond donors (Lipinski definition) is 0. The summed E-state index contributed by atoms with van der Waals surface area (Å²) in [5.74, 6) is 0. The van der Waals surface area contributed by atoms with Crippen molar-refractivity contribution in [1.82, 2.24) is 9.80 Å². The van der Waals surface area contributed by atoms with Crippen LogP contribution in [0.15, 0.2) is 12.7 Å². The van der Waals surface area contributed by atoms with Crippen LogP contribution in [0.1, 0.15) is 65.7 Å². The second-order valence-electron chi connectivity index (χ2n) is 8.50. The highest BCUT2D eigenvalue weighted by molar-refractivity contribution is 5.68. The molecule has 1 fully saturated rings. The third kappa shape index (κ3) is 9.58. The van der Waals surface area contributed by atoms with Gasteiger partial charge in [-0.05, 0) is 79.3 Å². The molecule has 0 saturated heterocycles. The van der Waals surface area contributed by atoms with Crippen LogP contribution < -0.4 is 0 Å². The first kappa shape index (κ1) is 23.0. The van der Waals surface area contributed by atoms with Crippen LogP contribution in [0.5, 0.6) is 0 Å². The van der Waals surface area contributed by atoms with Crippen molar-refractivity contribution in [3.8, 4) is 0 Å². The number of nitrogens with zero attached hydrogens (tertiary/aromatic N) is 2. The molecule has 5 heteroatoms. The normalized spacial score (nSPS) is 20.8. The Bertz CT molecular complexity index is 412. The maximum absolute atomic E-state index is 12.2. The van der Waals surface area contributed by atoms with Gasteiger partial charge in [-0.25, -0.2) is 4.79 Å². The summed E-state index contributed by atoms with van der Waals surface area (Å²) in [5.41, 5.74) is -0.438. The van der Waals surface area contributed by atoms with Crippen LogP contribution in [0.25, 0.3) is 0 Å². The lowest BCUT2D eigenvalue weighted by Crippen LogP contribution is -2.43. The molecule has 1 amide bonds.